The van der Waals surface area contributed by atoms with Gasteiger partial charge in [0.1, 0.15) is 40.1 Å². The van der Waals surface area contributed by atoms with Crippen LogP contribution in [-0.2, 0) is 34.6 Å². The van der Waals surface area contributed by atoms with Gasteiger partial charge in [0.05, 0.1) is 24.6 Å². The lowest BCUT2D eigenvalue weighted by molar-refractivity contribution is -0.142. The zero-order valence-electron chi connectivity index (χ0n) is 39.1. The molecule has 1 saturated carbocycles. The summed E-state index contributed by atoms with van der Waals surface area (Å²) in [6, 6.07) is 3.33. The molecule has 15 nitrogen and oxygen atoms in total. The number of thiazole rings is 1. The van der Waals surface area contributed by atoms with Crippen LogP contribution >= 0.6 is 11.3 Å². The number of fused-ring (bicyclic) bond motifs is 3. The Kier molecular flexibility index (Phi) is 14.4. The van der Waals surface area contributed by atoms with E-state index in [0.29, 0.717) is 30.4 Å². The number of carbonyl (C=O) groups is 4. The number of hydrogen-bond donors (Lipinski definition) is 3. The fourth-order valence-electron chi connectivity index (χ4n) is 8.50. The standard InChI is InChI=1S/C47H66N6O9S2/c1-12-28(4)64(58,59)52-43(56)47-23-30(47)17-15-14-16-27(3)20-29(13-2)38(50-44(57)62-46(8,9)10)42(55)53-25-32(22-36(53)39(54)51-47)61-40-33-19-18-31(60-11)21-34(33)35(24-48-40)41-49-37(26-63-41)45(5,6)7/h15,17-19,21,24,26-30,32,36,38H,12-14,16,20,22-23,25H2,1-11H3,(H,50,57)(H,51,54)(H,52,56). The van der Waals surface area contributed by atoms with Crippen LogP contribution in [0.3, 0.4) is 0 Å². The highest BCUT2D eigenvalue weighted by Crippen LogP contribution is 2.46. The predicted molar refractivity (Wildman–Crippen MR) is 248 cm³/mol. The minimum absolute atomic E-state index is 0.00972. The topological polar surface area (TPSA) is 195 Å². The first-order valence-electron chi connectivity index (χ1n) is 22.4. The number of nitrogens with zero attached hydrogens (tertiary/aromatic N) is 3. The molecule has 17 heteroatoms. The predicted octanol–water partition coefficient (Wildman–Crippen LogP) is 7.43. The first kappa shape index (κ1) is 48.7. The molecule has 6 rings (SSSR count). The van der Waals surface area contributed by atoms with E-state index < -0.39 is 74.3 Å². The lowest BCUT2D eigenvalue weighted by Crippen LogP contribution is -2.59. The lowest BCUT2D eigenvalue weighted by Gasteiger charge is -2.34. The minimum atomic E-state index is -4.05. The molecule has 2 fully saturated rings. The number of amides is 4. The molecular weight excluding hydrogens is 857 g/mol. The normalized spacial score (nSPS) is 26.1. The van der Waals surface area contributed by atoms with Gasteiger partial charge in [0.15, 0.2) is 0 Å². The van der Waals surface area contributed by atoms with Crippen molar-refractivity contribution in [1.29, 1.82) is 0 Å². The van der Waals surface area contributed by atoms with E-state index in [4.69, 9.17) is 24.2 Å². The Labute approximate surface area is 381 Å². The third-order valence-corrected chi connectivity index (χ3v) is 15.4. The average molecular weight is 923 g/mol. The van der Waals surface area contributed by atoms with Crippen LogP contribution in [0.25, 0.3) is 21.3 Å². The molecule has 4 heterocycles. The smallest absolute Gasteiger partial charge is 0.408 e. The van der Waals surface area contributed by atoms with Gasteiger partial charge in [0, 0.05) is 45.7 Å². The number of ether oxygens (including phenoxy) is 3. The molecule has 3 N–H and O–H groups in total. The lowest BCUT2D eigenvalue weighted by atomic mass is 9.85. The molecule has 0 spiro atoms. The number of allylic oxidation sites excluding steroid dienone is 1. The van der Waals surface area contributed by atoms with E-state index in [9.17, 15) is 22.8 Å². The quantitative estimate of drug-likeness (QED) is 0.171. The van der Waals surface area contributed by atoms with Crippen LogP contribution in [0.15, 0.2) is 41.9 Å². The van der Waals surface area contributed by atoms with Gasteiger partial charge in [0.2, 0.25) is 27.7 Å². The maximum Gasteiger partial charge on any atom is 0.408 e. The molecule has 2 aliphatic heterocycles. The van der Waals surface area contributed by atoms with E-state index in [1.807, 2.05) is 42.7 Å². The first-order valence-corrected chi connectivity index (χ1v) is 24.9. The van der Waals surface area contributed by atoms with Crippen molar-refractivity contribution in [2.75, 3.05) is 13.7 Å². The first-order chi connectivity index (χ1) is 30.0. The molecule has 8 unspecified atom stereocenters. The monoisotopic (exact) mass is 922 g/mol. The Balaban J connectivity index is 1.40. The number of benzene rings is 1. The van der Waals surface area contributed by atoms with Crippen LogP contribution in [0.5, 0.6) is 11.6 Å². The summed E-state index contributed by atoms with van der Waals surface area (Å²) in [5, 5.41) is 9.25. The summed E-state index contributed by atoms with van der Waals surface area (Å²) in [5.74, 6) is -1.72. The van der Waals surface area contributed by atoms with Gasteiger partial charge in [-0.2, -0.15) is 0 Å². The highest BCUT2D eigenvalue weighted by atomic mass is 32.2. The zero-order chi connectivity index (χ0) is 46.9. The summed E-state index contributed by atoms with van der Waals surface area (Å²) in [4.78, 5) is 68.6. The van der Waals surface area contributed by atoms with E-state index in [2.05, 4.69) is 43.1 Å². The number of methoxy groups -OCH3 is 1. The van der Waals surface area contributed by atoms with Crippen molar-refractivity contribution in [3.05, 3.63) is 47.6 Å². The summed E-state index contributed by atoms with van der Waals surface area (Å²) in [6.07, 6.45) is 7.07. The number of nitrogens with one attached hydrogen (secondary N) is 3. The van der Waals surface area contributed by atoms with Crippen molar-refractivity contribution < 1.29 is 41.8 Å². The Morgan fingerprint density at radius 3 is 2.47 bits per heavy atom. The maximum atomic E-state index is 15.2. The molecule has 64 heavy (non-hydrogen) atoms. The summed E-state index contributed by atoms with van der Waals surface area (Å²) >= 11 is 1.52. The van der Waals surface area contributed by atoms with Gasteiger partial charge >= 0.3 is 6.09 Å². The number of alkyl carbamates (subject to hydrolysis) is 1. The molecule has 3 aromatic rings. The molecule has 0 bridgehead atoms. The third-order valence-electron chi connectivity index (χ3n) is 12.6. The summed E-state index contributed by atoms with van der Waals surface area (Å²) in [6.45, 7) is 18.8. The largest absolute Gasteiger partial charge is 0.497 e. The van der Waals surface area contributed by atoms with Gasteiger partial charge in [-0.3, -0.25) is 19.1 Å². The highest BCUT2D eigenvalue weighted by molar-refractivity contribution is 7.90. The van der Waals surface area contributed by atoms with Crippen LogP contribution in [0.1, 0.15) is 120 Å². The molecule has 1 aromatic carbocycles. The molecule has 2 aromatic heterocycles. The number of hydrogen-bond acceptors (Lipinski definition) is 12. The van der Waals surface area contributed by atoms with Gasteiger partial charge in [-0.1, -0.05) is 60.1 Å². The van der Waals surface area contributed by atoms with Crippen LogP contribution in [-0.4, -0.2) is 95.3 Å². The van der Waals surface area contributed by atoms with Gasteiger partial charge in [0.25, 0.3) is 5.91 Å². The summed E-state index contributed by atoms with van der Waals surface area (Å²) in [5.41, 5.74) is -0.830. The molecular formula is C47H66N6O9S2. The molecule has 4 amide bonds. The highest BCUT2D eigenvalue weighted by Gasteiger charge is 2.62. The fourth-order valence-corrected chi connectivity index (χ4v) is 10.6. The SMILES string of the molecule is CCC1CC(C)CCC=CC2CC2(C(=O)NS(=O)(=O)C(C)CC)NC(=O)C2CC(Oc3ncc(-c4nc(C(C)(C)C)cs4)c4cc(OC)ccc34)CN2C(=O)C1NC(=O)OC(C)(C)C. The second kappa shape index (κ2) is 19.0. The number of carbonyl (C=O) groups excluding carboxylic acids is 4. The van der Waals surface area contributed by atoms with Crippen molar-refractivity contribution in [3.63, 3.8) is 0 Å². The summed E-state index contributed by atoms with van der Waals surface area (Å²) in [7, 11) is -2.46. The molecule has 3 aliphatic rings. The summed E-state index contributed by atoms with van der Waals surface area (Å²) < 4.78 is 46.6. The third kappa shape index (κ3) is 10.8. The van der Waals surface area contributed by atoms with E-state index in [0.717, 1.165) is 28.1 Å². The van der Waals surface area contributed by atoms with Crippen LogP contribution in [0.2, 0.25) is 0 Å². The number of pyridine rings is 1. The van der Waals surface area contributed by atoms with Crippen molar-refractivity contribution in [3.8, 4) is 22.2 Å². The maximum absolute atomic E-state index is 15.2. The Morgan fingerprint density at radius 1 is 1.09 bits per heavy atom. The van der Waals surface area contributed by atoms with E-state index in [-0.39, 0.29) is 48.9 Å². The second-order valence-corrected chi connectivity index (χ2v) is 22.7. The minimum Gasteiger partial charge on any atom is -0.497 e. The number of rotatable bonds is 10. The van der Waals surface area contributed by atoms with E-state index in [1.54, 1.807) is 41.0 Å². The molecule has 1 aliphatic carbocycles. The van der Waals surface area contributed by atoms with Crippen molar-refractivity contribution >= 4 is 55.9 Å². The van der Waals surface area contributed by atoms with Crippen molar-refractivity contribution in [1.82, 2.24) is 30.2 Å². The van der Waals surface area contributed by atoms with Gasteiger partial charge in [-0.25, -0.2) is 23.2 Å². The Bertz CT molecular complexity index is 2370. The van der Waals surface area contributed by atoms with Gasteiger partial charge in [-0.05, 0) is 89.8 Å². The molecule has 8 atom stereocenters. The van der Waals surface area contributed by atoms with E-state index in [1.165, 1.54) is 23.2 Å². The van der Waals surface area contributed by atoms with Crippen molar-refractivity contribution in [2.24, 2.45) is 17.8 Å². The second-order valence-electron chi connectivity index (χ2n) is 19.8. The average Bonchev–Trinajstić information content (AvgIpc) is 3.49. The van der Waals surface area contributed by atoms with Crippen LogP contribution in [0.4, 0.5) is 4.79 Å². The van der Waals surface area contributed by atoms with Crippen LogP contribution in [0, 0.1) is 17.8 Å². The Hall–Kier alpha value is -4.77. The zero-order valence-corrected chi connectivity index (χ0v) is 40.7. The number of sulfonamides is 1. The van der Waals surface area contributed by atoms with E-state index >= 15 is 4.79 Å². The van der Waals surface area contributed by atoms with Gasteiger partial charge < -0.3 is 29.7 Å². The van der Waals surface area contributed by atoms with Crippen molar-refractivity contribution in [2.45, 2.75) is 154 Å². The molecule has 1 saturated heterocycles. The van der Waals surface area contributed by atoms with Crippen LogP contribution < -0.4 is 24.8 Å². The molecule has 0 radical (unpaired) electrons. The van der Waals surface area contributed by atoms with Gasteiger partial charge in [-0.15, -0.1) is 11.3 Å². The fraction of sp³-hybridized carbons (Fsp3) is 0.617. The Morgan fingerprint density at radius 2 is 1.83 bits per heavy atom. The number of aromatic nitrogens is 2. The molecule has 350 valence electrons.